The number of carbonyl (C=O) groups excluding carboxylic acids is 3. The second-order valence-corrected chi connectivity index (χ2v) is 11.6. The molecule has 9 nitrogen and oxygen atoms in total. The number of anilines is 1. The highest BCUT2D eigenvalue weighted by molar-refractivity contribution is 6.30. The number of carboxylic acid groups (broad SMARTS) is 1. The molecule has 42 heavy (non-hydrogen) atoms. The lowest BCUT2D eigenvalue weighted by Crippen LogP contribution is -2.44. The predicted molar refractivity (Wildman–Crippen MR) is 159 cm³/mol. The van der Waals surface area contributed by atoms with Gasteiger partial charge in [0, 0.05) is 28.0 Å². The summed E-state index contributed by atoms with van der Waals surface area (Å²) >= 11 is 6.38. The van der Waals surface area contributed by atoms with E-state index in [1.807, 2.05) is 44.2 Å². The first-order valence-corrected chi connectivity index (χ1v) is 14.2. The van der Waals surface area contributed by atoms with Crippen molar-refractivity contribution in [3.05, 3.63) is 100 Å². The Balaban J connectivity index is 1.43. The first kappa shape index (κ1) is 27.5. The fourth-order valence-electron chi connectivity index (χ4n) is 6.11. The van der Waals surface area contributed by atoms with Gasteiger partial charge in [0.1, 0.15) is 18.1 Å². The number of carboxylic acids is 1. The highest BCUT2D eigenvalue weighted by Gasteiger charge is 2.53. The van der Waals surface area contributed by atoms with E-state index in [9.17, 15) is 24.3 Å². The molecule has 3 heterocycles. The van der Waals surface area contributed by atoms with Crippen LogP contribution in [0.25, 0.3) is 10.9 Å². The number of benzene rings is 3. The topological polar surface area (TPSA) is 123 Å². The van der Waals surface area contributed by atoms with Gasteiger partial charge in [-0.25, -0.2) is 14.5 Å². The van der Waals surface area contributed by atoms with E-state index in [4.69, 9.17) is 11.6 Å². The quantitative estimate of drug-likeness (QED) is 0.246. The number of para-hydroxylation sites is 2. The van der Waals surface area contributed by atoms with Crippen LogP contribution in [0.2, 0.25) is 5.02 Å². The minimum Gasteiger partial charge on any atom is -0.480 e. The number of amides is 4. The molecule has 3 N–H and O–H groups in total. The average Bonchev–Trinajstić information content (AvgIpc) is 3.45. The molecule has 4 aromatic rings. The molecule has 1 saturated heterocycles. The van der Waals surface area contributed by atoms with Crippen LogP contribution in [-0.4, -0.2) is 50.9 Å². The van der Waals surface area contributed by atoms with Crippen LogP contribution in [0.15, 0.2) is 72.8 Å². The molecule has 10 heteroatoms. The Morgan fingerprint density at radius 2 is 1.79 bits per heavy atom. The van der Waals surface area contributed by atoms with E-state index in [1.54, 1.807) is 35.2 Å². The van der Waals surface area contributed by atoms with Crippen molar-refractivity contribution in [2.45, 2.75) is 44.8 Å². The van der Waals surface area contributed by atoms with E-state index in [0.717, 1.165) is 32.6 Å². The number of aliphatic carboxylic acids is 1. The van der Waals surface area contributed by atoms with Crippen LogP contribution in [0.4, 0.5) is 10.5 Å². The third kappa shape index (κ3) is 4.59. The second kappa shape index (κ2) is 10.6. The molecular formula is C32H29ClN4O5. The van der Waals surface area contributed by atoms with Crippen molar-refractivity contribution in [3.8, 4) is 0 Å². The minimum absolute atomic E-state index is 0.0240. The van der Waals surface area contributed by atoms with E-state index in [2.05, 4.69) is 10.3 Å². The summed E-state index contributed by atoms with van der Waals surface area (Å²) in [6.07, 6.45) is 0.523. The molecule has 4 amide bonds. The lowest BCUT2D eigenvalue weighted by atomic mass is 9.89. The minimum atomic E-state index is -1.15. The number of aromatic nitrogens is 1. The maximum Gasteiger partial charge on any atom is 0.332 e. The van der Waals surface area contributed by atoms with Crippen molar-refractivity contribution >= 4 is 52.0 Å². The molecule has 0 aliphatic carbocycles. The molecule has 0 spiro atoms. The Hall–Kier alpha value is -4.63. The molecule has 2 aliphatic rings. The molecule has 3 aromatic carbocycles. The van der Waals surface area contributed by atoms with Gasteiger partial charge in [0.25, 0.3) is 11.8 Å². The van der Waals surface area contributed by atoms with Gasteiger partial charge in [0.05, 0.1) is 11.3 Å². The number of carbonyl (C=O) groups is 4. The van der Waals surface area contributed by atoms with Crippen molar-refractivity contribution in [1.82, 2.24) is 15.2 Å². The van der Waals surface area contributed by atoms with Crippen LogP contribution in [0.3, 0.4) is 0 Å². The van der Waals surface area contributed by atoms with Gasteiger partial charge in [-0.15, -0.1) is 0 Å². The molecule has 6 rings (SSSR count). The summed E-state index contributed by atoms with van der Waals surface area (Å²) in [6, 6.07) is 18.1. The van der Waals surface area contributed by atoms with E-state index < -0.39 is 41.9 Å². The van der Waals surface area contributed by atoms with Crippen LogP contribution in [-0.2, 0) is 16.0 Å². The van der Waals surface area contributed by atoms with Crippen LogP contribution in [0, 0.1) is 5.92 Å². The Bertz CT molecular complexity index is 1750. The van der Waals surface area contributed by atoms with Gasteiger partial charge in [0.2, 0.25) is 0 Å². The van der Waals surface area contributed by atoms with Crippen LogP contribution < -0.4 is 10.2 Å². The zero-order valence-corrected chi connectivity index (χ0v) is 23.8. The smallest absolute Gasteiger partial charge is 0.332 e. The number of hydrogen-bond donors (Lipinski definition) is 3. The highest BCUT2D eigenvalue weighted by atomic mass is 35.5. The molecule has 0 radical (unpaired) electrons. The molecule has 0 unspecified atom stereocenters. The third-order valence-corrected chi connectivity index (χ3v) is 8.15. The summed E-state index contributed by atoms with van der Waals surface area (Å²) in [5.41, 5.74) is 3.55. The van der Waals surface area contributed by atoms with E-state index >= 15 is 0 Å². The van der Waals surface area contributed by atoms with Gasteiger partial charge in [-0.1, -0.05) is 67.9 Å². The Kier molecular flexibility index (Phi) is 6.98. The number of rotatable bonds is 7. The number of aromatic amines is 1. The molecule has 3 atom stereocenters. The van der Waals surface area contributed by atoms with Crippen LogP contribution in [0.5, 0.6) is 0 Å². The molecule has 2 aliphatic heterocycles. The molecule has 0 saturated carbocycles. The highest BCUT2D eigenvalue weighted by Crippen LogP contribution is 2.45. The number of imide groups is 1. The summed E-state index contributed by atoms with van der Waals surface area (Å²) in [4.78, 5) is 59.7. The SMILES string of the molecule is CC(C)C[C@H](NC(=O)c1ccccc1N1C(=O)[C@@H]2Cc3c([nH]c4ccccc34)[C@H](c3cccc(Cl)c3)N2C1=O)C(=O)O. The Morgan fingerprint density at radius 1 is 1.05 bits per heavy atom. The Labute approximate surface area is 247 Å². The lowest BCUT2D eigenvalue weighted by Gasteiger charge is -2.36. The van der Waals surface area contributed by atoms with E-state index in [0.29, 0.717) is 11.4 Å². The molecule has 214 valence electrons. The summed E-state index contributed by atoms with van der Waals surface area (Å²) in [6.45, 7) is 3.73. The first-order valence-electron chi connectivity index (χ1n) is 13.8. The van der Waals surface area contributed by atoms with Crippen molar-refractivity contribution < 1.29 is 24.3 Å². The van der Waals surface area contributed by atoms with Crippen LogP contribution >= 0.6 is 11.6 Å². The third-order valence-electron chi connectivity index (χ3n) is 7.91. The Morgan fingerprint density at radius 3 is 2.52 bits per heavy atom. The first-order chi connectivity index (χ1) is 20.2. The molecule has 0 bridgehead atoms. The zero-order valence-electron chi connectivity index (χ0n) is 23.0. The van der Waals surface area contributed by atoms with Gasteiger partial charge < -0.3 is 15.4 Å². The number of hydrogen-bond acceptors (Lipinski definition) is 4. The molecular weight excluding hydrogens is 556 g/mol. The predicted octanol–water partition coefficient (Wildman–Crippen LogP) is 5.53. The average molecular weight is 585 g/mol. The number of nitrogens with zero attached hydrogens (tertiary/aromatic N) is 2. The van der Waals surface area contributed by atoms with Crippen molar-refractivity contribution in [2.24, 2.45) is 5.92 Å². The van der Waals surface area contributed by atoms with Gasteiger partial charge in [-0.05, 0) is 53.8 Å². The summed E-state index contributed by atoms with van der Waals surface area (Å²) in [5.74, 6) is -2.26. The summed E-state index contributed by atoms with van der Waals surface area (Å²) in [7, 11) is 0. The number of halogens is 1. The van der Waals surface area contributed by atoms with Gasteiger partial charge in [0.15, 0.2) is 0 Å². The normalized spacial score (nSPS) is 18.8. The fraction of sp³-hybridized carbons (Fsp3) is 0.250. The lowest BCUT2D eigenvalue weighted by molar-refractivity contribution is -0.139. The zero-order chi connectivity index (χ0) is 29.7. The van der Waals surface area contributed by atoms with Gasteiger partial charge in [-0.2, -0.15) is 0 Å². The van der Waals surface area contributed by atoms with Gasteiger partial charge in [-0.3, -0.25) is 14.5 Å². The monoisotopic (exact) mass is 584 g/mol. The number of urea groups is 1. The van der Waals surface area contributed by atoms with Crippen molar-refractivity contribution in [1.29, 1.82) is 0 Å². The summed E-state index contributed by atoms with van der Waals surface area (Å²) < 4.78 is 0. The van der Waals surface area contributed by atoms with E-state index in [-0.39, 0.29) is 23.6 Å². The maximum atomic E-state index is 14.3. The largest absolute Gasteiger partial charge is 0.480 e. The number of H-pyrrole nitrogens is 1. The van der Waals surface area contributed by atoms with E-state index in [1.165, 1.54) is 12.1 Å². The van der Waals surface area contributed by atoms with Crippen molar-refractivity contribution in [3.63, 3.8) is 0 Å². The molecule has 1 fully saturated rings. The van der Waals surface area contributed by atoms with Crippen LogP contribution in [0.1, 0.15) is 53.5 Å². The van der Waals surface area contributed by atoms with Crippen molar-refractivity contribution in [2.75, 3.05) is 4.90 Å². The number of nitrogens with one attached hydrogen (secondary N) is 2. The molecule has 1 aromatic heterocycles. The number of fused-ring (bicyclic) bond motifs is 4. The fourth-order valence-corrected chi connectivity index (χ4v) is 6.31. The summed E-state index contributed by atoms with van der Waals surface area (Å²) in [5, 5.41) is 13.7. The maximum absolute atomic E-state index is 14.3. The second-order valence-electron chi connectivity index (χ2n) is 11.1. The standard InChI is InChI=1S/C32H29ClN4O5/c1-17(2)14-24(31(40)41)35-29(38)21-11-4-6-13-25(21)37-30(39)26-16-22-20-10-3-5-12-23(20)34-27(22)28(36(26)32(37)42)18-8-7-9-19(33)15-18/h3-13,15,17,24,26,28,34H,14,16H2,1-2H3,(H,35,38)(H,40,41)/t24-,26-,28-/m0/s1. The van der Waals surface area contributed by atoms with Gasteiger partial charge >= 0.3 is 12.0 Å².